The summed E-state index contributed by atoms with van der Waals surface area (Å²) in [5.41, 5.74) is 1.54. The zero-order valence-corrected chi connectivity index (χ0v) is 14.5. The van der Waals surface area contributed by atoms with Crippen LogP contribution in [0.3, 0.4) is 0 Å². The number of carbonyl (C=O) groups excluding carboxylic acids is 2. The van der Waals surface area contributed by atoms with Gasteiger partial charge >= 0.3 is 0 Å². The molecule has 0 N–H and O–H groups in total. The summed E-state index contributed by atoms with van der Waals surface area (Å²) in [7, 11) is 0. The Balaban J connectivity index is 1.68. The van der Waals surface area contributed by atoms with Crippen LogP contribution in [0.15, 0.2) is 42.5 Å². The molecule has 0 spiro atoms. The van der Waals surface area contributed by atoms with Gasteiger partial charge in [-0.25, -0.2) is 8.78 Å². The van der Waals surface area contributed by atoms with E-state index in [4.69, 9.17) is 0 Å². The molecule has 136 valence electrons. The van der Waals surface area contributed by atoms with E-state index < -0.39 is 17.5 Å². The van der Waals surface area contributed by atoms with Gasteiger partial charge in [0.2, 0.25) is 0 Å². The highest BCUT2D eigenvalue weighted by Crippen LogP contribution is 2.15. The Hall–Kier alpha value is -2.76. The summed E-state index contributed by atoms with van der Waals surface area (Å²) >= 11 is 0. The molecule has 0 aromatic heterocycles. The van der Waals surface area contributed by atoms with Gasteiger partial charge in [0.1, 0.15) is 11.6 Å². The minimum absolute atomic E-state index is 0.0766. The summed E-state index contributed by atoms with van der Waals surface area (Å²) in [4.78, 5) is 28.4. The SMILES string of the molecule is Cc1ccc(C(=O)N2CCCN(C(=O)c3ccc(F)cc3F)CC2)cc1. The van der Waals surface area contributed by atoms with Crippen LogP contribution in [0.25, 0.3) is 0 Å². The number of hydrogen-bond donors (Lipinski definition) is 0. The summed E-state index contributed by atoms with van der Waals surface area (Å²) in [5.74, 6) is -2.14. The van der Waals surface area contributed by atoms with Crippen molar-refractivity contribution in [1.29, 1.82) is 0 Å². The van der Waals surface area contributed by atoms with Gasteiger partial charge in [0.05, 0.1) is 5.56 Å². The number of halogens is 2. The average molecular weight is 358 g/mol. The van der Waals surface area contributed by atoms with Crippen molar-refractivity contribution in [2.24, 2.45) is 0 Å². The lowest BCUT2D eigenvalue weighted by Gasteiger charge is -2.22. The fourth-order valence-corrected chi connectivity index (χ4v) is 3.04. The third-order valence-corrected chi connectivity index (χ3v) is 4.53. The molecule has 1 saturated heterocycles. The number of rotatable bonds is 2. The van der Waals surface area contributed by atoms with Crippen molar-refractivity contribution in [1.82, 2.24) is 9.80 Å². The minimum Gasteiger partial charge on any atom is -0.337 e. The highest BCUT2D eigenvalue weighted by Gasteiger charge is 2.25. The lowest BCUT2D eigenvalue weighted by molar-refractivity contribution is 0.0716. The van der Waals surface area contributed by atoms with Crippen LogP contribution in [0.4, 0.5) is 8.78 Å². The lowest BCUT2D eigenvalue weighted by Crippen LogP contribution is -2.37. The Kier molecular flexibility index (Phi) is 5.30. The average Bonchev–Trinajstić information content (AvgIpc) is 2.87. The predicted octanol–water partition coefficient (Wildman–Crippen LogP) is 3.26. The summed E-state index contributed by atoms with van der Waals surface area (Å²) < 4.78 is 26.9. The zero-order chi connectivity index (χ0) is 18.7. The molecule has 26 heavy (non-hydrogen) atoms. The molecule has 2 aromatic rings. The molecule has 1 fully saturated rings. The second kappa shape index (κ2) is 7.64. The Morgan fingerprint density at radius 1 is 0.846 bits per heavy atom. The van der Waals surface area contributed by atoms with E-state index in [-0.39, 0.29) is 11.5 Å². The van der Waals surface area contributed by atoms with Crippen LogP contribution < -0.4 is 0 Å². The van der Waals surface area contributed by atoms with E-state index in [9.17, 15) is 18.4 Å². The van der Waals surface area contributed by atoms with E-state index in [1.165, 1.54) is 4.90 Å². The van der Waals surface area contributed by atoms with Crippen LogP contribution in [0.5, 0.6) is 0 Å². The summed E-state index contributed by atoms with van der Waals surface area (Å²) in [6.07, 6.45) is 0.603. The number of aryl methyl sites for hydroxylation is 1. The number of hydrogen-bond acceptors (Lipinski definition) is 2. The van der Waals surface area contributed by atoms with Crippen LogP contribution in [0, 0.1) is 18.6 Å². The van der Waals surface area contributed by atoms with Crippen molar-refractivity contribution in [2.75, 3.05) is 26.2 Å². The van der Waals surface area contributed by atoms with Gasteiger partial charge in [-0.1, -0.05) is 17.7 Å². The van der Waals surface area contributed by atoms with Crippen LogP contribution >= 0.6 is 0 Å². The smallest absolute Gasteiger partial charge is 0.256 e. The molecule has 0 saturated carbocycles. The van der Waals surface area contributed by atoms with Gasteiger partial charge in [-0.05, 0) is 37.6 Å². The van der Waals surface area contributed by atoms with Gasteiger partial charge in [-0.15, -0.1) is 0 Å². The maximum Gasteiger partial charge on any atom is 0.256 e. The molecular weight excluding hydrogens is 338 g/mol. The van der Waals surface area contributed by atoms with E-state index in [1.807, 2.05) is 19.1 Å². The largest absolute Gasteiger partial charge is 0.337 e. The van der Waals surface area contributed by atoms with Crippen molar-refractivity contribution in [2.45, 2.75) is 13.3 Å². The summed E-state index contributed by atoms with van der Waals surface area (Å²) in [6, 6.07) is 10.3. The fraction of sp³-hybridized carbons (Fsp3) is 0.300. The summed E-state index contributed by atoms with van der Waals surface area (Å²) in [6.45, 7) is 3.60. The third kappa shape index (κ3) is 3.90. The van der Waals surface area contributed by atoms with Crippen LogP contribution in [-0.4, -0.2) is 47.8 Å². The normalized spacial score (nSPS) is 14.9. The lowest BCUT2D eigenvalue weighted by atomic mass is 10.1. The molecule has 0 radical (unpaired) electrons. The second-order valence-corrected chi connectivity index (χ2v) is 6.43. The monoisotopic (exact) mass is 358 g/mol. The molecule has 1 heterocycles. The molecular formula is C20H20F2N2O2. The highest BCUT2D eigenvalue weighted by molar-refractivity contribution is 5.95. The minimum atomic E-state index is -0.869. The number of benzene rings is 2. The summed E-state index contributed by atoms with van der Waals surface area (Å²) in [5, 5.41) is 0. The maximum absolute atomic E-state index is 13.9. The number of amides is 2. The van der Waals surface area contributed by atoms with Crippen LogP contribution in [0.1, 0.15) is 32.7 Å². The Labute approximate surface area is 151 Å². The Bertz CT molecular complexity index is 821. The molecule has 2 amide bonds. The first kappa shape index (κ1) is 18.0. The van der Waals surface area contributed by atoms with Crippen LogP contribution in [-0.2, 0) is 0 Å². The first-order chi connectivity index (χ1) is 12.5. The third-order valence-electron chi connectivity index (χ3n) is 4.53. The first-order valence-corrected chi connectivity index (χ1v) is 8.56. The van der Waals surface area contributed by atoms with Crippen molar-refractivity contribution in [3.05, 3.63) is 70.8 Å². The van der Waals surface area contributed by atoms with Crippen molar-refractivity contribution in [3.63, 3.8) is 0 Å². The zero-order valence-electron chi connectivity index (χ0n) is 14.5. The molecule has 0 atom stereocenters. The van der Waals surface area contributed by atoms with Gasteiger partial charge in [0.25, 0.3) is 11.8 Å². The fourth-order valence-electron chi connectivity index (χ4n) is 3.04. The van der Waals surface area contributed by atoms with Gasteiger partial charge < -0.3 is 9.80 Å². The van der Waals surface area contributed by atoms with E-state index in [1.54, 1.807) is 17.0 Å². The van der Waals surface area contributed by atoms with E-state index in [2.05, 4.69) is 0 Å². The first-order valence-electron chi connectivity index (χ1n) is 8.56. The predicted molar refractivity (Wildman–Crippen MR) is 94.0 cm³/mol. The van der Waals surface area contributed by atoms with Gasteiger partial charge in [0, 0.05) is 37.8 Å². The molecule has 1 aliphatic rings. The van der Waals surface area contributed by atoms with E-state index >= 15 is 0 Å². The number of nitrogens with zero attached hydrogens (tertiary/aromatic N) is 2. The Morgan fingerprint density at radius 2 is 1.46 bits per heavy atom. The Morgan fingerprint density at radius 3 is 2.08 bits per heavy atom. The van der Waals surface area contributed by atoms with Crippen molar-refractivity contribution >= 4 is 11.8 Å². The van der Waals surface area contributed by atoms with Gasteiger partial charge in [-0.2, -0.15) is 0 Å². The molecule has 6 heteroatoms. The highest BCUT2D eigenvalue weighted by atomic mass is 19.1. The van der Waals surface area contributed by atoms with Gasteiger partial charge in [-0.3, -0.25) is 9.59 Å². The van der Waals surface area contributed by atoms with Crippen molar-refractivity contribution in [3.8, 4) is 0 Å². The quantitative estimate of drug-likeness (QED) is 0.827. The maximum atomic E-state index is 13.9. The second-order valence-electron chi connectivity index (χ2n) is 6.43. The topological polar surface area (TPSA) is 40.6 Å². The standard InChI is InChI=1S/C20H20F2N2O2/c1-14-3-5-15(6-4-14)19(25)23-9-2-10-24(12-11-23)20(26)17-8-7-16(21)13-18(17)22/h3-8,13H,2,9-12H2,1H3. The number of carbonyl (C=O) groups is 2. The van der Waals surface area contributed by atoms with Crippen LogP contribution in [0.2, 0.25) is 0 Å². The molecule has 2 aromatic carbocycles. The van der Waals surface area contributed by atoms with Crippen molar-refractivity contribution < 1.29 is 18.4 Å². The molecule has 0 unspecified atom stereocenters. The molecule has 3 rings (SSSR count). The van der Waals surface area contributed by atoms with Gasteiger partial charge in [0.15, 0.2) is 0 Å². The van der Waals surface area contributed by atoms with E-state index in [0.29, 0.717) is 44.2 Å². The molecule has 0 bridgehead atoms. The molecule has 0 aliphatic carbocycles. The van der Waals surface area contributed by atoms with E-state index in [0.717, 1.165) is 17.7 Å². The molecule has 1 aliphatic heterocycles. The molecule has 4 nitrogen and oxygen atoms in total.